The van der Waals surface area contributed by atoms with E-state index in [2.05, 4.69) is 38.2 Å². The van der Waals surface area contributed by atoms with Gasteiger partial charge in [0.15, 0.2) is 0 Å². The van der Waals surface area contributed by atoms with E-state index in [9.17, 15) is 0 Å². The third-order valence-electron chi connectivity index (χ3n) is 4.05. The highest BCUT2D eigenvalue weighted by atomic mass is 35.5. The molecule has 1 unspecified atom stereocenters. The first-order valence-electron chi connectivity index (χ1n) is 7.61. The average Bonchev–Trinajstić information content (AvgIpc) is 2.44. The first-order chi connectivity index (χ1) is 9.15. The summed E-state index contributed by atoms with van der Waals surface area (Å²) in [5.41, 5.74) is 1.79. The summed E-state index contributed by atoms with van der Waals surface area (Å²) in [6.45, 7) is 8.94. The Kier molecular flexibility index (Phi) is 7.48. The monoisotopic (exact) mass is 281 g/mol. The molecule has 2 heteroatoms. The molecule has 0 saturated heterocycles. The lowest BCUT2D eigenvalue weighted by atomic mass is 9.75. The molecule has 0 heterocycles. The van der Waals surface area contributed by atoms with Gasteiger partial charge in [-0.2, -0.15) is 0 Å². The topological polar surface area (TPSA) is 12.0 Å². The van der Waals surface area contributed by atoms with Gasteiger partial charge in [-0.15, -0.1) is 0 Å². The van der Waals surface area contributed by atoms with Gasteiger partial charge in [-0.1, -0.05) is 57.3 Å². The summed E-state index contributed by atoms with van der Waals surface area (Å²) < 4.78 is 0. The maximum atomic E-state index is 5.97. The van der Waals surface area contributed by atoms with Crippen molar-refractivity contribution in [3.05, 3.63) is 34.9 Å². The van der Waals surface area contributed by atoms with Crippen molar-refractivity contribution in [1.82, 2.24) is 5.32 Å². The maximum Gasteiger partial charge on any atom is 0.0406 e. The number of hydrogen-bond acceptors (Lipinski definition) is 1. The summed E-state index contributed by atoms with van der Waals surface area (Å²) in [6, 6.07) is 8.35. The largest absolute Gasteiger partial charge is 0.316 e. The molecule has 19 heavy (non-hydrogen) atoms. The first-order valence-corrected chi connectivity index (χ1v) is 7.98. The highest BCUT2D eigenvalue weighted by Gasteiger charge is 2.27. The van der Waals surface area contributed by atoms with Crippen LogP contribution in [-0.4, -0.2) is 13.1 Å². The van der Waals surface area contributed by atoms with E-state index in [0.29, 0.717) is 5.41 Å². The molecule has 1 nitrogen and oxygen atoms in total. The quantitative estimate of drug-likeness (QED) is 0.666. The van der Waals surface area contributed by atoms with E-state index in [4.69, 9.17) is 11.6 Å². The molecule has 0 bridgehead atoms. The molecule has 1 atom stereocenters. The normalized spacial score (nSPS) is 14.3. The van der Waals surface area contributed by atoms with E-state index in [0.717, 1.165) is 24.5 Å². The lowest BCUT2D eigenvalue weighted by molar-refractivity contribution is 0.231. The smallest absolute Gasteiger partial charge is 0.0406 e. The fourth-order valence-corrected chi connectivity index (χ4v) is 2.77. The predicted octanol–water partition coefficient (Wildman–Crippen LogP) is 5.08. The van der Waals surface area contributed by atoms with Crippen molar-refractivity contribution in [1.29, 1.82) is 0 Å². The highest BCUT2D eigenvalue weighted by molar-refractivity contribution is 6.30. The van der Waals surface area contributed by atoms with E-state index in [1.807, 2.05) is 12.1 Å². The van der Waals surface area contributed by atoms with E-state index >= 15 is 0 Å². The fourth-order valence-electron chi connectivity index (χ4n) is 2.64. The molecule has 0 radical (unpaired) electrons. The Morgan fingerprint density at radius 2 is 1.79 bits per heavy atom. The highest BCUT2D eigenvalue weighted by Crippen LogP contribution is 2.33. The van der Waals surface area contributed by atoms with Crippen LogP contribution < -0.4 is 5.32 Å². The molecule has 0 aromatic heterocycles. The summed E-state index contributed by atoms with van der Waals surface area (Å²) in [5.74, 6) is 0. The Hall–Kier alpha value is -0.530. The molecular formula is C17H28ClN. The fraction of sp³-hybridized carbons (Fsp3) is 0.647. The van der Waals surface area contributed by atoms with Crippen molar-refractivity contribution >= 4 is 11.6 Å². The lowest BCUT2D eigenvalue weighted by Gasteiger charge is -2.33. The molecule has 0 aliphatic carbocycles. The molecule has 0 saturated carbocycles. The van der Waals surface area contributed by atoms with Crippen LogP contribution in [0.15, 0.2) is 24.3 Å². The van der Waals surface area contributed by atoms with Gasteiger partial charge >= 0.3 is 0 Å². The predicted molar refractivity (Wildman–Crippen MR) is 85.9 cm³/mol. The Morgan fingerprint density at radius 1 is 1.11 bits per heavy atom. The molecular weight excluding hydrogens is 254 g/mol. The molecule has 1 aromatic rings. The minimum atomic E-state index is 0.389. The lowest BCUT2D eigenvalue weighted by Crippen LogP contribution is -2.35. The van der Waals surface area contributed by atoms with Gasteiger partial charge in [-0.25, -0.2) is 0 Å². The average molecular weight is 282 g/mol. The van der Waals surface area contributed by atoms with Gasteiger partial charge in [0, 0.05) is 11.6 Å². The van der Waals surface area contributed by atoms with Gasteiger partial charge in [-0.3, -0.25) is 0 Å². The molecule has 0 fully saturated rings. The van der Waals surface area contributed by atoms with Crippen LogP contribution in [0.2, 0.25) is 5.02 Å². The van der Waals surface area contributed by atoms with Crippen molar-refractivity contribution in [3.63, 3.8) is 0 Å². The maximum absolute atomic E-state index is 5.97. The van der Waals surface area contributed by atoms with Crippen LogP contribution in [0.3, 0.4) is 0 Å². The summed E-state index contributed by atoms with van der Waals surface area (Å²) in [5, 5.41) is 4.38. The minimum absolute atomic E-state index is 0.389. The van der Waals surface area contributed by atoms with Crippen molar-refractivity contribution in [2.45, 2.75) is 52.9 Å². The van der Waals surface area contributed by atoms with E-state index < -0.39 is 0 Å². The summed E-state index contributed by atoms with van der Waals surface area (Å²) in [4.78, 5) is 0. The SMILES string of the molecule is CCCCC(CC)(CNCC)Cc1ccc(Cl)cc1. The van der Waals surface area contributed by atoms with E-state index in [1.54, 1.807) is 0 Å². The zero-order chi connectivity index (χ0) is 14.1. The second-order valence-corrected chi connectivity index (χ2v) is 5.98. The number of hydrogen-bond donors (Lipinski definition) is 1. The summed E-state index contributed by atoms with van der Waals surface area (Å²) in [6.07, 6.45) is 6.26. The van der Waals surface area contributed by atoms with Crippen LogP contribution in [0.5, 0.6) is 0 Å². The number of rotatable bonds is 9. The van der Waals surface area contributed by atoms with Gasteiger partial charge in [0.25, 0.3) is 0 Å². The Morgan fingerprint density at radius 3 is 2.32 bits per heavy atom. The number of nitrogens with one attached hydrogen (secondary N) is 1. The standard InChI is InChI=1S/C17H28ClN/c1-4-7-12-17(5-2,14-19-6-3)13-15-8-10-16(18)11-9-15/h8-11,19H,4-7,12-14H2,1-3H3. The van der Waals surface area contributed by atoms with Crippen molar-refractivity contribution in [3.8, 4) is 0 Å². The third kappa shape index (κ3) is 5.54. The van der Waals surface area contributed by atoms with Crippen LogP contribution in [0.25, 0.3) is 0 Å². The molecule has 0 amide bonds. The molecule has 0 spiro atoms. The minimum Gasteiger partial charge on any atom is -0.316 e. The molecule has 108 valence electrons. The van der Waals surface area contributed by atoms with Crippen LogP contribution >= 0.6 is 11.6 Å². The van der Waals surface area contributed by atoms with Gasteiger partial charge in [0.05, 0.1) is 0 Å². The van der Waals surface area contributed by atoms with Crippen LogP contribution in [-0.2, 0) is 6.42 Å². The number of unbranched alkanes of at least 4 members (excludes halogenated alkanes) is 1. The molecule has 1 aromatic carbocycles. The van der Waals surface area contributed by atoms with Crippen LogP contribution in [0, 0.1) is 5.41 Å². The Balaban J connectivity index is 2.78. The van der Waals surface area contributed by atoms with Gasteiger partial charge < -0.3 is 5.32 Å². The zero-order valence-electron chi connectivity index (χ0n) is 12.6. The summed E-state index contributed by atoms with van der Waals surface area (Å²) >= 11 is 5.97. The molecule has 1 N–H and O–H groups in total. The van der Waals surface area contributed by atoms with Crippen LogP contribution in [0.1, 0.15) is 52.0 Å². The van der Waals surface area contributed by atoms with Crippen molar-refractivity contribution < 1.29 is 0 Å². The first kappa shape index (κ1) is 16.5. The second-order valence-electron chi connectivity index (χ2n) is 5.54. The van der Waals surface area contributed by atoms with E-state index in [-0.39, 0.29) is 0 Å². The zero-order valence-corrected chi connectivity index (χ0v) is 13.4. The number of benzene rings is 1. The van der Waals surface area contributed by atoms with Crippen molar-refractivity contribution in [2.75, 3.05) is 13.1 Å². The summed E-state index contributed by atoms with van der Waals surface area (Å²) in [7, 11) is 0. The van der Waals surface area contributed by atoms with Crippen LogP contribution in [0.4, 0.5) is 0 Å². The number of halogens is 1. The van der Waals surface area contributed by atoms with Gasteiger partial charge in [0.1, 0.15) is 0 Å². The molecule has 0 aliphatic rings. The third-order valence-corrected chi connectivity index (χ3v) is 4.31. The van der Waals surface area contributed by atoms with Crippen molar-refractivity contribution in [2.24, 2.45) is 5.41 Å². The second kappa shape index (κ2) is 8.60. The molecule has 0 aliphatic heterocycles. The van der Waals surface area contributed by atoms with E-state index in [1.165, 1.54) is 31.2 Å². The molecule has 1 rings (SSSR count). The Bertz CT molecular complexity index is 337. The Labute approximate surface area is 123 Å². The van der Waals surface area contributed by atoms with Gasteiger partial charge in [-0.05, 0) is 48.9 Å². The van der Waals surface area contributed by atoms with Gasteiger partial charge in [0.2, 0.25) is 0 Å².